The van der Waals surface area contributed by atoms with Gasteiger partial charge in [-0.3, -0.25) is 0 Å². The Bertz CT molecular complexity index is 3410. The summed E-state index contributed by atoms with van der Waals surface area (Å²) in [6.07, 6.45) is 0. The van der Waals surface area contributed by atoms with Gasteiger partial charge in [-0.25, -0.2) is 15.0 Å². The van der Waals surface area contributed by atoms with Crippen LogP contribution in [-0.2, 0) is 0 Å². The minimum atomic E-state index is 0.580. The van der Waals surface area contributed by atoms with Gasteiger partial charge < -0.3 is 13.4 Å². The summed E-state index contributed by atoms with van der Waals surface area (Å²) in [5, 5.41) is 6.61. The highest BCUT2D eigenvalue weighted by Crippen LogP contribution is 2.44. The molecule has 266 valence electrons. The number of nitrogens with zero attached hydrogens (tertiary/aromatic N) is 4. The normalized spacial score (nSPS) is 11.9. The predicted molar refractivity (Wildman–Crippen MR) is 230 cm³/mol. The summed E-state index contributed by atoms with van der Waals surface area (Å²) in [7, 11) is 0. The average Bonchev–Trinajstić information content (AvgIpc) is 3.96. The SMILES string of the molecule is c1ccc(-c2nc(-c3ccccc3)nc(-c3ccc4c(c3)oc3c(-c5cccc6c5oc5cccc(-n7c8ccccc8c8ccccc87)c56)cccc34)n2)cc1. The van der Waals surface area contributed by atoms with Gasteiger partial charge in [-0.15, -0.1) is 0 Å². The third-order valence-electron chi connectivity index (χ3n) is 11.1. The lowest BCUT2D eigenvalue weighted by atomic mass is 9.99. The smallest absolute Gasteiger partial charge is 0.164 e. The van der Waals surface area contributed by atoms with Crippen molar-refractivity contribution in [2.45, 2.75) is 0 Å². The fraction of sp³-hybridized carbons (Fsp3) is 0. The molecule has 0 aliphatic carbocycles. The number of benzene rings is 8. The second-order valence-electron chi connectivity index (χ2n) is 14.3. The van der Waals surface area contributed by atoms with Crippen molar-refractivity contribution in [3.05, 3.63) is 182 Å². The first-order valence-electron chi connectivity index (χ1n) is 19.0. The van der Waals surface area contributed by atoms with Crippen molar-refractivity contribution < 1.29 is 8.83 Å². The fourth-order valence-corrected chi connectivity index (χ4v) is 8.50. The summed E-state index contributed by atoms with van der Waals surface area (Å²) >= 11 is 0. The maximum Gasteiger partial charge on any atom is 0.164 e. The van der Waals surface area contributed by atoms with Crippen LogP contribution in [0.2, 0.25) is 0 Å². The third kappa shape index (κ3) is 4.87. The Kier molecular flexibility index (Phi) is 6.83. The zero-order chi connectivity index (χ0) is 37.5. The Labute approximate surface area is 325 Å². The fourth-order valence-electron chi connectivity index (χ4n) is 8.50. The molecule has 0 aliphatic heterocycles. The zero-order valence-corrected chi connectivity index (χ0v) is 30.4. The maximum atomic E-state index is 6.82. The standard InChI is InChI=1S/C51H30N4O2/c1-3-14-31(15-4-1)49-52-50(32-16-5-2-6-17-32)54-51(53-49)33-28-29-36-37-20-11-21-38(47(37)57-45(36)30-33)39-22-12-23-40-46-43(26-13-27-44(46)56-48(39)40)55-41-24-9-7-18-34(41)35-19-8-10-25-42(35)55/h1-30H. The van der Waals surface area contributed by atoms with Crippen molar-refractivity contribution in [1.29, 1.82) is 0 Å². The summed E-state index contributed by atoms with van der Waals surface area (Å²) < 4.78 is 16.0. The third-order valence-corrected chi connectivity index (χ3v) is 11.1. The molecule has 0 N–H and O–H groups in total. The molecule has 0 radical (unpaired) electrons. The number of furan rings is 2. The largest absolute Gasteiger partial charge is 0.455 e. The zero-order valence-electron chi connectivity index (χ0n) is 30.4. The number of hydrogen-bond acceptors (Lipinski definition) is 5. The van der Waals surface area contributed by atoms with Crippen molar-refractivity contribution in [3.63, 3.8) is 0 Å². The Morgan fingerprint density at radius 3 is 1.51 bits per heavy atom. The van der Waals surface area contributed by atoms with Crippen molar-refractivity contribution in [2.24, 2.45) is 0 Å². The van der Waals surface area contributed by atoms with E-state index in [0.29, 0.717) is 17.5 Å². The molecule has 6 nitrogen and oxygen atoms in total. The molecule has 0 spiro atoms. The molecule has 0 unspecified atom stereocenters. The van der Waals surface area contributed by atoms with E-state index in [0.717, 1.165) is 88.4 Å². The van der Waals surface area contributed by atoms with Gasteiger partial charge in [0.05, 0.1) is 22.1 Å². The highest BCUT2D eigenvalue weighted by Gasteiger charge is 2.22. The monoisotopic (exact) mass is 730 g/mol. The number of rotatable bonds is 5. The molecule has 6 heteroatoms. The van der Waals surface area contributed by atoms with Crippen LogP contribution in [-0.4, -0.2) is 19.5 Å². The minimum absolute atomic E-state index is 0.580. The number of aromatic nitrogens is 4. The minimum Gasteiger partial charge on any atom is -0.455 e. The highest BCUT2D eigenvalue weighted by molar-refractivity contribution is 6.18. The molecule has 4 aromatic heterocycles. The van der Waals surface area contributed by atoms with E-state index in [1.807, 2.05) is 66.7 Å². The molecular weight excluding hydrogens is 701 g/mol. The number of fused-ring (bicyclic) bond motifs is 9. The predicted octanol–water partition coefficient (Wildman–Crippen LogP) is 13.4. The van der Waals surface area contributed by atoms with Crippen molar-refractivity contribution in [1.82, 2.24) is 19.5 Å². The number of para-hydroxylation sites is 4. The highest BCUT2D eigenvalue weighted by atomic mass is 16.3. The second-order valence-corrected chi connectivity index (χ2v) is 14.3. The molecule has 0 aliphatic rings. The van der Waals surface area contributed by atoms with Crippen LogP contribution in [0.3, 0.4) is 0 Å². The molecule has 57 heavy (non-hydrogen) atoms. The molecule has 0 bridgehead atoms. The van der Waals surface area contributed by atoms with Crippen LogP contribution < -0.4 is 0 Å². The van der Waals surface area contributed by atoms with Gasteiger partial charge in [0.2, 0.25) is 0 Å². The van der Waals surface area contributed by atoms with Crippen LogP contribution in [0.1, 0.15) is 0 Å². The van der Waals surface area contributed by atoms with Gasteiger partial charge in [0.1, 0.15) is 22.3 Å². The van der Waals surface area contributed by atoms with Gasteiger partial charge in [0, 0.05) is 54.7 Å². The molecule has 8 aromatic carbocycles. The Balaban J connectivity index is 1.03. The second kappa shape index (κ2) is 12.3. The van der Waals surface area contributed by atoms with Crippen LogP contribution in [0, 0.1) is 0 Å². The Hall–Kier alpha value is -7.83. The first-order chi connectivity index (χ1) is 28.3. The summed E-state index contributed by atoms with van der Waals surface area (Å²) in [6.45, 7) is 0. The first-order valence-corrected chi connectivity index (χ1v) is 19.0. The van der Waals surface area contributed by atoms with Crippen LogP contribution in [0.25, 0.3) is 117 Å². The van der Waals surface area contributed by atoms with E-state index >= 15 is 0 Å². The quantitative estimate of drug-likeness (QED) is 0.176. The van der Waals surface area contributed by atoms with E-state index in [2.05, 4.69) is 120 Å². The molecule has 4 heterocycles. The maximum absolute atomic E-state index is 6.82. The lowest BCUT2D eigenvalue weighted by Gasteiger charge is -2.09. The van der Waals surface area contributed by atoms with E-state index in [-0.39, 0.29) is 0 Å². The first kappa shape index (κ1) is 31.5. The van der Waals surface area contributed by atoms with Crippen molar-refractivity contribution in [3.8, 4) is 51.0 Å². The summed E-state index contributed by atoms with van der Waals surface area (Å²) in [4.78, 5) is 14.8. The molecule has 0 amide bonds. The van der Waals surface area contributed by atoms with Gasteiger partial charge in [-0.2, -0.15) is 0 Å². The molecule has 0 saturated carbocycles. The van der Waals surface area contributed by atoms with Gasteiger partial charge in [-0.05, 0) is 36.4 Å². The molecular formula is C51H30N4O2. The number of hydrogen-bond donors (Lipinski definition) is 0. The molecule has 12 rings (SSSR count). The van der Waals surface area contributed by atoms with E-state index < -0.39 is 0 Å². The topological polar surface area (TPSA) is 69.9 Å². The van der Waals surface area contributed by atoms with E-state index in [1.54, 1.807) is 0 Å². The van der Waals surface area contributed by atoms with Crippen LogP contribution in [0.5, 0.6) is 0 Å². The van der Waals surface area contributed by atoms with Gasteiger partial charge in [-0.1, -0.05) is 146 Å². The van der Waals surface area contributed by atoms with E-state index in [4.69, 9.17) is 23.8 Å². The summed E-state index contributed by atoms with van der Waals surface area (Å²) in [6, 6.07) is 62.5. The average molecular weight is 731 g/mol. The Morgan fingerprint density at radius 2 is 0.860 bits per heavy atom. The Morgan fingerprint density at radius 1 is 0.351 bits per heavy atom. The van der Waals surface area contributed by atoms with Crippen molar-refractivity contribution in [2.75, 3.05) is 0 Å². The van der Waals surface area contributed by atoms with Gasteiger partial charge >= 0.3 is 0 Å². The van der Waals surface area contributed by atoms with Crippen LogP contribution in [0.4, 0.5) is 0 Å². The molecule has 0 saturated heterocycles. The van der Waals surface area contributed by atoms with Crippen LogP contribution in [0.15, 0.2) is 191 Å². The summed E-state index contributed by atoms with van der Waals surface area (Å²) in [5.74, 6) is 1.81. The van der Waals surface area contributed by atoms with Gasteiger partial charge in [0.25, 0.3) is 0 Å². The summed E-state index contributed by atoms with van der Waals surface area (Å²) in [5.41, 5.74) is 11.2. The molecule has 12 aromatic rings. The lowest BCUT2D eigenvalue weighted by Crippen LogP contribution is -2.00. The van der Waals surface area contributed by atoms with Crippen molar-refractivity contribution >= 4 is 65.7 Å². The van der Waals surface area contributed by atoms with Crippen LogP contribution >= 0.6 is 0 Å². The van der Waals surface area contributed by atoms with Gasteiger partial charge in [0.15, 0.2) is 17.5 Å². The lowest BCUT2D eigenvalue weighted by molar-refractivity contribution is 0.665. The molecule has 0 fully saturated rings. The molecule has 0 atom stereocenters. The van der Waals surface area contributed by atoms with E-state index in [1.165, 1.54) is 10.8 Å². The van der Waals surface area contributed by atoms with E-state index in [9.17, 15) is 0 Å².